The monoisotopic (exact) mass is 462 g/mol. The molecule has 0 aromatic heterocycles. The molecule has 0 bridgehead atoms. The molecule has 0 unspecified atom stereocenters. The number of hydrogen-bond donors (Lipinski definition) is 1. The Kier molecular flexibility index (Phi) is 6.37. The lowest BCUT2D eigenvalue weighted by atomic mass is 10.0. The third-order valence-corrected chi connectivity index (χ3v) is 6.28. The summed E-state index contributed by atoms with van der Waals surface area (Å²) in [6, 6.07) is 15.8. The van der Waals surface area contributed by atoms with Crippen molar-refractivity contribution >= 4 is 51.3 Å². The molecule has 3 aromatic carbocycles. The highest BCUT2D eigenvalue weighted by Crippen LogP contribution is 2.38. The molecule has 3 aromatic rings. The predicted molar refractivity (Wildman–Crippen MR) is 131 cm³/mol. The molecule has 1 fully saturated rings. The molecule has 8 heteroatoms. The van der Waals surface area contributed by atoms with Gasteiger partial charge in [-0.3, -0.25) is 9.69 Å². The molecule has 33 heavy (non-hydrogen) atoms. The Bertz CT molecular complexity index is 1290. The summed E-state index contributed by atoms with van der Waals surface area (Å²) in [6.45, 7) is 2.34. The van der Waals surface area contributed by atoms with Crippen LogP contribution in [0, 0.1) is 0 Å². The summed E-state index contributed by atoms with van der Waals surface area (Å²) in [6.07, 6.45) is 1.83. The largest absolute Gasteiger partial charge is 0.497 e. The number of likely N-dealkylation sites (N-methyl/N-ethyl adjacent to an activating group) is 1. The summed E-state index contributed by atoms with van der Waals surface area (Å²) in [5.74, 6) is 0.212. The average molecular weight is 463 g/mol. The molecule has 0 saturated carbocycles. The number of fused-ring (bicyclic) bond motifs is 1. The highest BCUT2D eigenvalue weighted by Gasteiger charge is 2.32. The van der Waals surface area contributed by atoms with E-state index in [1.165, 1.54) is 23.9 Å². The Morgan fingerprint density at radius 2 is 1.82 bits per heavy atom. The molecular formula is C25H22N2O5S. The van der Waals surface area contributed by atoms with Gasteiger partial charge in [0, 0.05) is 12.1 Å². The van der Waals surface area contributed by atoms with Crippen molar-refractivity contribution in [1.29, 1.82) is 0 Å². The summed E-state index contributed by atoms with van der Waals surface area (Å²) in [5.41, 5.74) is 1.54. The first kappa shape index (κ1) is 22.4. The van der Waals surface area contributed by atoms with Crippen molar-refractivity contribution in [2.24, 2.45) is 4.99 Å². The lowest BCUT2D eigenvalue weighted by Gasteiger charge is -2.12. The number of benzene rings is 3. The summed E-state index contributed by atoms with van der Waals surface area (Å²) in [7, 11) is 3.21. The fourth-order valence-corrected chi connectivity index (χ4v) is 4.59. The van der Waals surface area contributed by atoms with Crippen molar-refractivity contribution in [1.82, 2.24) is 4.90 Å². The lowest BCUT2D eigenvalue weighted by Crippen LogP contribution is -2.28. The number of methoxy groups -OCH3 is 2. The van der Waals surface area contributed by atoms with Crippen molar-refractivity contribution in [2.75, 3.05) is 20.8 Å². The number of aliphatic imine (C=N–C) groups is 1. The number of carbonyl (C=O) groups is 2. The van der Waals surface area contributed by atoms with E-state index in [-0.39, 0.29) is 11.5 Å². The van der Waals surface area contributed by atoms with Crippen molar-refractivity contribution in [3.63, 3.8) is 0 Å². The van der Waals surface area contributed by atoms with Crippen molar-refractivity contribution in [2.45, 2.75) is 6.92 Å². The molecule has 1 amide bonds. The van der Waals surface area contributed by atoms with Crippen LogP contribution in [0.4, 0.5) is 5.69 Å². The maximum absolute atomic E-state index is 13.2. The molecule has 4 rings (SSSR count). The first-order valence-electron chi connectivity index (χ1n) is 10.2. The first-order chi connectivity index (χ1) is 15.9. The standard InChI is InChI=1S/C25H22N2O5S/c1-4-27-23(28)22(33-25(27)26-17-9-5-16(6-10-17)24(29)30)14-20-19-13-18(31-2)11-7-15(19)8-12-21(20)32-3/h5-14H,4H2,1-3H3,(H,29,30). The molecule has 0 spiro atoms. The summed E-state index contributed by atoms with van der Waals surface area (Å²) in [5, 5.41) is 11.5. The number of amidine groups is 1. The third-order valence-electron chi connectivity index (χ3n) is 5.27. The van der Waals surface area contributed by atoms with Crippen LogP contribution in [-0.4, -0.2) is 47.8 Å². The van der Waals surface area contributed by atoms with Crippen molar-refractivity contribution in [3.8, 4) is 11.5 Å². The predicted octanol–water partition coefficient (Wildman–Crippen LogP) is 5.18. The topological polar surface area (TPSA) is 88.4 Å². The van der Waals surface area contributed by atoms with E-state index >= 15 is 0 Å². The van der Waals surface area contributed by atoms with Crippen LogP contribution in [0.3, 0.4) is 0 Å². The van der Waals surface area contributed by atoms with E-state index in [0.29, 0.717) is 33.8 Å². The lowest BCUT2D eigenvalue weighted by molar-refractivity contribution is -0.122. The van der Waals surface area contributed by atoms with Gasteiger partial charge in [-0.1, -0.05) is 12.1 Å². The maximum Gasteiger partial charge on any atom is 0.335 e. The minimum atomic E-state index is -0.999. The summed E-state index contributed by atoms with van der Waals surface area (Å²) in [4.78, 5) is 30.9. The number of rotatable bonds is 6. The number of nitrogens with zero attached hydrogens (tertiary/aromatic N) is 2. The second-order valence-corrected chi connectivity index (χ2v) is 8.18. The summed E-state index contributed by atoms with van der Waals surface area (Å²) < 4.78 is 11.0. The van der Waals surface area contributed by atoms with E-state index in [0.717, 1.165) is 16.3 Å². The average Bonchev–Trinajstić information content (AvgIpc) is 3.12. The van der Waals surface area contributed by atoms with Crippen LogP contribution in [-0.2, 0) is 4.79 Å². The van der Waals surface area contributed by atoms with Gasteiger partial charge in [0.1, 0.15) is 11.5 Å². The molecule has 1 heterocycles. The molecule has 0 atom stereocenters. The van der Waals surface area contributed by atoms with E-state index in [9.17, 15) is 9.59 Å². The van der Waals surface area contributed by atoms with Crippen LogP contribution in [0.25, 0.3) is 16.8 Å². The van der Waals surface area contributed by atoms with E-state index in [1.54, 1.807) is 31.3 Å². The van der Waals surface area contributed by atoms with Crippen LogP contribution in [0.1, 0.15) is 22.8 Å². The zero-order valence-corrected chi connectivity index (χ0v) is 19.2. The van der Waals surface area contributed by atoms with Gasteiger partial charge in [-0.2, -0.15) is 0 Å². The molecule has 1 saturated heterocycles. The number of ether oxygens (including phenoxy) is 2. The van der Waals surface area contributed by atoms with Gasteiger partial charge in [0.15, 0.2) is 5.17 Å². The van der Waals surface area contributed by atoms with Crippen molar-refractivity contribution < 1.29 is 24.2 Å². The van der Waals surface area contributed by atoms with Crippen LogP contribution in [0.2, 0.25) is 0 Å². The molecule has 1 N–H and O–H groups in total. The van der Waals surface area contributed by atoms with Gasteiger partial charge in [0.25, 0.3) is 5.91 Å². The smallest absolute Gasteiger partial charge is 0.335 e. The van der Waals surface area contributed by atoms with Gasteiger partial charge >= 0.3 is 5.97 Å². The number of carbonyl (C=O) groups excluding carboxylic acids is 1. The van der Waals surface area contributed by atoms with E-state index in [1.807, 2.05) is 43.3 Å². The van der Waals surface area contributed by atoms with Gasteiger partial charge in [0.05, 0.1) is 30.4 Å². The van der Waals surface area contributed by atoms with E-state index < -0.39 is 5.97 Å². The number of hydrogen-bond acceptors (Lipinski definition) is 6. The Morgan fingerprint density at radius 3 is 2.45 bits per heavy atom. The summed E-state index contributed by atoms with van der Waals surface area (Å²) >= 11 is 1.27. The molecule has 168 valence electrons. The van der Waals surface area contributed by atoms with Crippen LogP contribution in [0.5, 0.6) is 11.5 Å². The first-order valence-corrected chi connectivity index (χ1v) is 11.0. The van der Waals surface area contributed by atoms with Gasteiger partial charge in [-0.15, -0.1) is 0 Å². The Hall–Kier alpha value is -3.78. The highest BCUT2D eigenvalue weighted by molar-refractivity contribution is 8.18. The van der Waals surface area contributed by atoms with E-state index in [4.69, 9.17) is 14.6 Å². The normalized spacial score (nSPS) is 16.1. The minimum absolute atomic E-state index is 0.148. The zero-order chi connectivity index (χ0) is 23.5. The van der Waals surface area contributed by atoms with Gasteiger partial charge in [-0.25, -0.2) is 9.79 Å². The molecule has 1 aliphatic rings. The number of thioether (sulfide) groups is 1. The van der Waals surface area contributed by atoms with Gasteiger partial charge < -0.3 is 14.6 Å². The number of aromatic carboxylic acids is 1. The minimum Gasteiger partial charge on any atom is -0.497 e. The molecular weight excluding hydrogens is 440 g/mol. The molecule has 1 aliphatic heterocycles. The quantitative estimate of drug-likeness (QED) is 0.508. The maximum atomic E-state index is 13.2. The third kappa shape index (κ3) is 4.42. The van der Waals surface area contributed by atoms with Crippen LogP contribution < -0.4 is 9.47 Å². The number of carboxylic acid groups (broad SMARTS) is 1. The van der Waals surface area contributed by atoms with Crippen LogP contribution >= 0.6 is 11.8 Å². The van der Waals surface area contributed by atoms with E-state index in [2.05, 4.69) is 4.99 Å². The van der Waals surface area contributed by atoms with Gasteiger partial charge in [0.2, 0.25) is 0 Å². The fourth-order valence-electron chi connectivity index (χ4n) is 3.55. The zero-order valence-electron chi connectivity index (χ0n) is 18.4. The number of amides is 1. The van der Waals surface area contributed by atoms with Gasteiger partial charge in [-0.05, 0) is 78.0 Å². The molecule has 0 aliphatic carbocycles. The Balaban J connectivity index is 1.77. The second-order valence-electron chi connectivity index (χ2n) is 7.18. The fraction of sp³-hybridized carbons (Fsp3) is 0.160. The second kappa shape index (κ2) is 9.38. The highest BCUT2D eigenvalue weighted by atomic mass is 32.2. The molecule has 7 nitrogen and oxygen atoms in total. The van der Waals surface area contributed by atoms with Crippen molar-refractivity contribution in [3.05, 3.63) is 70.6 Å². The molecule has 0 radical (unpaired) electrons. The van der Waals surface area contributed by atoms with Crippen LogP contribution in [0.15, 0.2) is 64.5 Å². The number of carboxylic acids is 1. The Morgan fingerprint density at radius 1 is 1.09 bits per heavy atom. The SMILES string of the molecule is CCN1C(=O)C(=Cc2c(OC)ccc3ccc(OC)cc23)SC1=Nc1ccc(C(=O)O)cc1. The Labute approximate surface area is 195 Å².